The van der Waals surface area contributed by atoms with Crippen molar-refractivity contribution in [3.8, 4) is 0 Å². The minimum Gasteiger partial charge on any atom is -0.345 e. The Balaban J connectivity index is 1.87. The van der Waals surface area contributed by atoms with E-state index in [9.17, 15) is 4.79 Å². The van der Waals surface area contributed by atoms with E-state index in [-0.39, 0.29) is 5.91 Å². The van der Waals surface area contributed by atoms with Crippen molar-refractivity contribution in [1.82, 2.24) is 19.8 Å². The van der Waals surface area contributed by atoms with Crippen molar-refractivity contribution in [3.63, 3.8) is 0 Å². The zero-order valence-corrected chi connectivity index (χ0v) is 17.5. The van der Waals surface area contributed by atoms with Crippen LogP contribution in [-0.4, -0.2) is 52.9 Å². The van der Waals surface area contributed by atoms with Crippen LogP contribution in [-0.2, 0) is 17.8 Å². The van der Waals surface area contributed by atoms with Crippen molar-refractivity contribution in [3.05, 3.63) is 53.1 Å². The van der Waals surface area contributed by atoms with Crippen LogP contribution in [0.15, 0.2) is 30.5 Å². The van der Waals surface area contributed by atoms with Gasteiger partial charge >= 0.3 is 0 Å². The molecule has 2 aromatic rings. The van der Waals surface area contributed by atoms with Crippen molar-refractivity contribution in [2.75, 3.05) is 27.2 Å². The molecule has 0 atom stereocenters. The summed E-state index contributed by atoms with van der Waals surface area (Å²) in [6, 6.07) is 8.78. The van der Waals surface area contributed by atoms with Crippen molar-refractivity contribution in [2.24, 2.45) is 0 Å². The molecule has 0 saturated carbocycles. The summed E-state index contributed by atoms with van der Waals surface area (Å²) in [4.78, 5) is 24.3. The SMILES string of the molecule is Cc1ncc(CN(CCN(C)C)C(=O)CCCc2ccc(C(C)C)cc2)[nH]1. The standard InChI is InChI=1S/C22H34N4O/c1-17(2)20-11-9-19(10-12-20)7-6-8-22(27)26(14-13-25(4)5)16-21-15-23-18(3)24-21/h9-12,15,17H,6-8,13-14,16H2,1-5H3,(H,23,24). The number of nitrogens with one attached hydrogen (secondary N) is 1. The normalized spacial score (nSPS) is 11.4. The number of hydrogen-bond acceptors (Lipinski definition) is 3. The molecular formula is C22H34N4O. The van der Waals surface area contributed by atoms with Gasteiger partial charge < -0.3 is 14.8 Å². The van der Waals surface area contributed by atoms with E-state index in [2.05, 4.69) is 53.0 Å². The monoisotopic (exact) mass is 370 g/mol. The first-order chi connectivity index (χ1) is 12.8. The van der Waals surface area contributed by atoms with Gasteiger partial charge in [-0.25, -0.2) is 4.98 Å². The first-order valence-electron chi connectivity index (χ1n) is 9.87. The number of amides is 1. The topological polar surface area (TPSA) is 52.2 Å². The summed E-state index contributed by atoms with van der Waals surface area (Å²) >= 11 is 0. The molecule has 1 aromatic carbocycles. The number of benzene rings is 1. The molecule has 0 bridgehead atoms. The van der Waals surface area contributed by atoms with E-state index in [1.54, 1.807) is 0 Å². The van der Waals surface area contributed by atoms with E-state index in [4.69, 9.17) is 0 Å². The van der Waals surface area contributed by atoms with E-state index in [0.29, 0.717) is 18.9 Å². The van der Waals surface area contributed by atoms with Gasteiger partial charge in [0.25, 0.3) is 0 Å². The molecule has 0 saturated heterocycles. The van der Waals surface area contributed by atoms with Gasteiger partial charge in [-0.3, -0.25) is 4.79 Å². The number of H-pyrrole nitrogens is 1. The van der Waals surface area contributed by atoms with Gasteiger partial charge in [0, 0.05) is 19.5 Å². The molecule has 0 unspecified atom stereocenters. The predicted octanol–water partition coefficient (Wildman–Crippen LogP) is 3.75. The summed E-state index contributed by atoms with van der Waals surface area (Å²) in [6.45, 7) is 8.52. The molecular weight excluding hydrogens is 336 g/mol. The Morgan fingerprint density at radius 3 is 2.41 bits per heavy atom. The summed E-state index contributed by atoms with van der Waals surface area (Å²) in [6.07, 6.45) is 4.21. The average molecular weight is 371 g/mol. The van der Waals surface area contributed by atoms with Gasteiger partial charge in [-0.1, -0.05) is 38.1 Å². The van der Waals surface area contributed by atoms with Gasteiger partial charge in [-0.2, -0.15) is 0 Å². The lowest BCUT2D eigenvalue weighted by Crippen LogP contribution is -2.36. The Kier molecular flexibility index (Phi) is 8.04. The number of carbonyl (C=O) groups is 1. The van der Waals surface area contributed by atoms with Crippen LogP contribution in [0.2, 0.25) is 0 Å². The molecule has 1 N–H and O–H groups in total. The lowest BCUT2D eigenvalue weighted by molar-refractivity contribution is -0.132. The van der Waals surface area contributed by atoms with Crippen LogP contribution in [0.25, 0.3) is 0 Å². The fraction of sp³-hybridized carbons (Fsp3) is 0.545. The van der Waals surface area contributed by atoms with Gasteiger partial charge in [-0.05, 0) is 50.9 Å². The van der Waals surface area contributed by atoms with Gasteiger partial charge in [-0.15, -0.1) is 0 Å². The molecule has 0 spiro atoms. The van der Waals surface area contributed by atoms with Crippen molar-refractivity contribution in [2.45, 2.75) is 52.5 Å². The second kappa shape index (κ2) is 10.3. The summed E-state index contributed by atoms with van der Waals surface area (Å²) in [5.74, 6) is 1.65. The first kappa shape index (κ1) is 21.2. The summed E-state index contributed by atoms with van der Waals surface area (Å²) in [5, 5.41) is 0. The maximum Gasteiger partial charge on any atom is 0.222 e. The summed E-state index contributed by atoms with van der Waals surface area (Å²) in [5.41, 5.74) is 3.65. The molecule has 0 aliphatic heterocycles. The number of rotatable bonds is 10. The lowest BCUT2D eigenvalue weighted by Gasteiger charge is -2.24. The van der Waals surface area contributed by atoms with Gasteiger partial charge in [0.15, 0.2) is 0 Å². The highest BCUT2D eigenvalue weighted by molar-refractivity contribution is 5.76. The fourth-order valence-corrected chi connectivity index (χ4v) is 3.04. The second-order valence-electron chi connectivity index (χ2n) is 7.86. The van der Waals surface area contributed by atoms with Crippen LogP contribution in [0.3, 0.4) is 0 Å². The van der Waals surface area contributed by atoms with Crippen LogP contribution in [0, 0.1) is 6.92 Å². The number of nitrogens with zero attached hydrogens (tertiary/aromatic N) is 3. The number of imidazole rings is 1. The first-order valence-corrected chi connectivity index (χ1v) is 9.87. The molecule has 1 aromatic heterocycles. The van der Waals surface area contributed by atoms with Crippen molar-refractivity contribution < 1.29 is 4.79 Å². The lowest BCUT2D eigenvalue weighted by atomic mass is 10.00. The molecule has 0 aliphatic carbocycles. The highest BCUT2D eigenvalue weighted by atomic mass is 16.2. The fourth-order valence-electron chi connectivity index (χ4n) is 3.04. The maximum absolute atomic E-state index is 12.8. The molecule has 1 amide bonds. The molecule has 0 radical (unpaired) electrons. The smallest absolute Gasteiger partial charge is 0.222 e. The van der Waals surface area contributed by atoms with Gasteiger partial charge in [0.05, 0.1) is 18.4 Å². The Morgan fingerprint density at radius 2 is 1.85 bits per heavy atom. The van der Waals surface area contributed by atoms with Crippen LogP contribution < -0.4 is 0 Å². The molecule has 27 heavy (non-hydrogen) atoms. The predicted molar refractivity (Wildman–Crippen MR) is 111 cm³/mol. The van der Waals surface area contributed by atoms with E-state index in [0.717, 1.165) is 37.4 Å². The Labute approximate surface area is 163 Å². The summed E-state index contributed by atoms with van der Waals surface area (Å²) in [7, 11) is 4.06. The third-order valence-corrected chi connectivity index (χ3v) is 4.79. The average Bonchev–Trinajstić information content (AvgIpc) is 3.03. The quantitative estimate of drug-likeness (QED) is 0.693. The molecule has 0 fully saturated rings. The molecule has 148 valence electrons. The van der Waals surface area contributed by atoms with Crippen LogP contribution >= 0.6 is 0 Å². The Morgan fingerprint density at radius 1 is 1.15 bits per heavy atom. The number of likely N-dealkylation sites (N-methyl/N-ethyl adjacent to an activating group) is 1. The minimum absolute atomic E-state index is 0.211. The van der Waals surface area contributed by atoms with E-state index in [1.807, 2.05) is 32.1 Å². The molecule has 0 aliphatic rings. The van der Waals surface area contributed by atoms with E-state index >= 15 is 0 Å². The highest BCUT2D eigenvalue weighted by Gasteiger charge is 2.15. The van der Waals surface area contributed by atoms with Crippen molar-refractivity contribution >= 4 is 5.91 Å². The Hall–Kier alpha value is -2.14. The van der Waals surface area contributed by atoms with Crippen LogP contribution in [0.5, 0.6) is 0 Å². The number of aryl methyl sites for hydroxylation is 2. The minimum atomic E-state index is 0.211. The highest BCUT2D eigenvalue weighted by Crippen LogP contribution is 2.16. The van der Waals surface area contributed by atoms with Crippen LogP contribution in [0.1, 0.15) is 55.3 Å². The Bertz CT molecular complexity index is 703. The number of carbonyl (C=O) groups excluding carboxylic acids is 1. The number of aromatic nitrogens is 2. The maximum atomic E-state index is 12.8. The number of hydrogen-bond donors (Lipinski definition) is 1. The number of aromatic amines is 1. The molecule has 5 heteroatoms. The largest absolute Gasteiger partial charge is 0.345 e. The summed E-state index contributed by atoms with van der Waals surface area (Å²) < 4.78 is 0. The second-order valence-corrected chi connectivity index (χ2v) is 7.86. The molecule has 5 nitrogen and oxygen atoms in total. The molecule has 1 heterocycles. The van der Waals surface area contributed by atoms with Crippen molar-refractivity contribution in [1.29, 1.82) is 0 Å². The van der Waals surface area contributed by atoms with Gasteiger partial charge in [0.1, 0.15) is 5.82 Å². The van der Waals surface area contributed by atoms with E-state index in [1.165, 1.54) is 11.1 Å². The van der Waals surface area contributed by atoms with E-state index < -0.39 is 0 Å². The third-order valence-electron chi connectivity index (χ3n) is 4.79. The zero-order chi connectivity index (χ0) is 19.8. The van der Waals surface area contributed by atoms with Gasteiger partial charge in [0.2, 0.25) is 5.91 Å². The zero-order valence-electron chi connectivity index (χ0n) is 17.5. The van der Waals surface area contributed by atoms with Crippen LogP contribution in [0.4, 0.5) is 0 Å². The third kappa shape index (κ3) is 7.18. The molecule has 2 rings (SSSR count).